The zero-order valence-electron chi connectivity index (χ0n) is 10.6. The Morgan fingerprint density at radius 2 is 2.05 bits per heavy atom. The molecule has 0 spiro atoms. The van der Waals surface area contributed by atoms with Gasteiger partial charge in [-0.3, -0.25) is 4.79 Å². The molecule has 1 aromatic heterocycles. The molecule has 0 aliphatic carbocycles. The van der Waals surface area contributed by atoms with E-state index in [2.05, 4.69) is 10.3 Å². The maximum atomic E-state index is 12.0. The Morgan fingerprint density at radius 3 is 2.75 bits per heavy atom. The van der Waals surface area contributed by atoms with Crippen molar-refractivity contribution in [3.8, 4) is 11.5 Å². The number of nitrogens with one attached hydrogen (secondary N) is 1. The Labute approximate surface area is 119 Å². The molecule has 3 N–H and O–H groups in total. The van der Waals surface area contributed by atoms with Gasteiger partial charge in [0, 0.05) is 23.9 Å². The summed E-state index contributed by atoms with van der Waals surface area (Å²) >= 11 is 1.36. The first kappa shape index (κ1) is 12.7. The van der Waals surface area contributed by atoms with Gasteiger partial charge in [0.2, 0.25) is 0 Å². The van der Waals surface area contributed by atoms with E-state index in [1.54, 1.807) is 23.0 Å². The van der Waals surface area contributed by atoms with Gasteiger partial charge in [-0.05, 0) is 0 Å². The molecule has 0 radical (unpaired) electrons. The molecule has 2 aromatic rings. The van der Waals surface area contributed by atoms with E-state index in [4.69, 9.17) is 15.2 Å². The van der Waals surface area contributed by atoms with Crippen LogP contribution >= 0.6 is 11.3 Å². The Hall–Kier alpha value is -2.28. The lowest BCUT2D eigenvalue weighted by Gasteiger charge is -2.12. The van der Waals surface area contributed by atoms with Gasteiger partial charge in [-0.2, -0.15) is 0 Å². The van der Waals surface area contributed by atoms with Crippen LogP contribution in [0.15, 0.2) is 23.0 Å². The first-order valence-electron chi connectivity index (χ1n) is 6.12. The molecule has 0 saturated carbocycles. The largest absolute Gasteiger partial charge is 0.489 e. The molecule has 0 saturated heterocycles. The van der Waals surface area contributed by atoms with Gasteiger partial charge in [0.25, 0.3) is 5.91 Å². The number of ether oxygens (including phenoxy) is 2. The Morgan fingerprint density at radius 1 is 1.30 bits per heavy atom. The van der Waals surface area contributed by atoms with Gasteiger partial charge in [0.05, 0.1) is 30.1 Å². The maximum Gasteiger partial charge on any atom is 0.275 e. The van der Waals surface area contributed by atoms with Gasteiger partial charge >= 0.3 is 0 Å². The summed E-state index contributed by atoms with van der Waals surface area (Å²) in [6.45, 7) is 1.17. The van der Waals surface area contributed by atoms with Crippen molar-refractivity contribution in [2.75, 3.05) is 24.3 Å². The molecule has 3 rings (SSSR count). The number of carbonyl (C=O) groups excluding carboxylic acids is 1. The van der Waals surface area contributed by atoms with Crippen molar-refractivity contribution < 1.29 is 14.3 Å². The number of benzene rings is 1. The lowest BCUT2D eigenvalue weighted by atomic mass is 10.2. The number of hydrogen-bond donors (Lipinski definition) is 2. The first-order valence-corrected chi connectivity index (χ1v) is 7.07. The second-order valence-corrected chi connectivity index (χ2v) is 4.98. The van der Waals surface area contributed by atoms with E-state index in [0.717, 1.165) is 6.42 Å². The lowest BCUT2D eigenvalue weighted by molar-refractivity contribution is 0.102. The Balaban J connectivity index is 1.86. The molecule has 0 unspecified atom stereocenters. The molecule has 1 aliphatic heterocycles. The van der Waals surface area contributed by atoms with E-state index in [9.17, 15) is 4.79 Å². The summed E-state index contributed by atoms with van der Waals surface area (Å²) in [6, 6.07) is 3.34. The number of fused-ring (bicyclic) bond motifs is 1. The summed E-state index contributed by atoms with van der Waals surface area (Å²) in [5, 5.41) is 4.40. The summed E-state index contributed by atoms with van der Waals surface area (Å²) in [6.07, 6.45) is 0.815. The van der Waals surface area contributed by atoms with Crippen LogP contribution in [-0.2, 0) is 0 Å². The van der Waals surface area contributed by atoms with Gasteiger partial charge in [-0.25, -0.2) is 4.98 Å². The number of hydrogen-bond acceptors (Lipinski definition) is 6. The van der Waals surface area contributed by atoms with E-state index in [1.807, 2.05) is 0 Å². The fraction of sp³-hybridized carbons (Fsp3) is 0.231. The molecule has 0 atom stereocenters. The number of carbonyl (C=O) groups is 1. The molecule has 1 amide bonds. The van der Waals surface area contributed by atoms with Gasteiger partial charge < -0.3 is 20.5 Å². The fourth-order valence-electron chi connectivity index (χ4n) is 1.84. The fourth-order valence-corrected chi connectivity index (χ4v) is 2.38. The molecule has 0 fully saturated rings. The van der Waals surface area contributed by atoms with Crippen LogP contribution in [0.4, 0.5) is 11.4 Å². The molecule has 6 nitrogen and oxygen atoms in total. The van der Waals surface area contributed by atoms with Crippen molar-refractivity contribution in [2.24, 2.45) is 0 Å². The monoisotopic (exact) mass is 291 g/mol. The predicted molar refractivity (Wildman–Crippen MR) is 76.5 cm³/mol. The molecule has 1 aromatic carbocycles. The number of rotatable bonds is 2. The standard InChI is InChI=1S/C13H13N3O3S/c14-8-4-11-12(19-3-1-2-18-11)5-9(8)16-13(17)10-6-20-7-15-10/h4-7H,1-3,14H2,(H,16,17). The Bertz CT molecular complexity index is 628. The van der Waals surface area contributed by atoms with Gasteiger partial charge in [0.15, 0.2) is 11.5 Å². The second kappa shape index (κ2) is 5.38. The smallest absolute Gasteiger partial charge is 0.275 e. The van der Waals surface area contributed by atoms with Crippen molar-refractivity contribution in [3.63, 3.8) is 0 Å². The SMILES string of the molecule is Nc1cc2c(cc1NC(=O)c1cscn1)OCCCO2. The Kier molecular flexibility index (Phi) is 3.42. The average molecular weight is 291 g/mol. The van der Waals surface area contributed by atoms with E-state index in [-0.39, 0.29) is 5.91 Å². The molecule has 7 heteroatoms. The van der Waals surface area contributed by atoms with Crippen molar-refractivity contribution >= 4 is 28.6 Å². The lowest BCUT2D eigenvalue weighted by Crippen LogP contribution is -2.13. The molecule has 0 bridgehead atoms. The molecular formula is C13H13N3O3S. The molecule has 2 heterocycles. The number of nitrogens with two attached hydrogens (primary N) is 1. The molecule has 20 heavy (non-hydrogen) atoms. The van der Waals surface area contributed by atoms with Gasteiger partial charge in [-0.15, -0.1) is 11.3 Å². The predicted octanol–water partition coefficient (Wildman–Crippen LogP) is 2.14. The van der Waals surface area contributed by atoms with Crippen molar-refractivity contribution in [1.29, 1.82) is 0 Å². The van der Waals surface area contributed by atoms with Gasteiger partial charge in [0.1, 0.15) is 5.69 Å². The minimum Gasteiger partial charge on any atom is -0.489 e. The average Bonchev–Trinajstić information content (AvgIpc) is 2.88. The number of nitrogens with zero attached hydrogens (tertiary/aromatic N) is 1. The summed E-state index contributed by atoms with van der Waals surface area (Å²) < 4.78 is 11.1. The zero-order valence-corrected chi connectivity index (χ0v) is 11.4. The van der Waals surface area contributed by atoms with E-state index >= 15 is 0 Å². The summed E-state index contributed by atoms with van der Waals surface area (Å²) in [5.74, 6) is 0.893. The van der Waals surface area contributed by atoms with Crippen LogP contribution in [0, 0.1) is 0 Å². The van der Waals surface area contributed by atoms with Crippen LogP contribution in [0.1, 0.15) is 16.9 Å². The highest BCUT2D eigenvalue weighted by molar-refractivity contribution is 7.07. The van der Waals surface area contributed by atoms with Crippen LogP contribution < -0.4 is 20.5 Å². The van der Waals surface area contributed by atoms with Crippen LogP contribution in [0.3, 0.4) is 0 Å². The highest BCUT2D eigenvalue weighted by Gasteiger charge is 2.16. The number of thiazole rings is 1. The van der Waals surface area contributed by atoms with Crippen LogP contribution in [-0.4, -0.2) is 24.1 Å². The van der Waals surface area contributed by atoms with E-state index in [1.165, 1.54) is 11.3 Å². The van der Waals surface area contributed by atoms with Crippen molar-refractivity contribution in [1.82, 2.24) is 4.98 Å². The first-order chi connectivity index (χ1) is 9.74. The third kappa shape index (κ3) is 2.53. The summed E-state index contributed by atoms with van der Waals surface area (Å²) in [5.41, 5.74) is 8.82. The van der Waals surface area contributed by atoms with Crippen LogP contribution in [0.25, 0.3) is 0 Å². The molecule has 104 valence electrons. The maximum absolute atomic E-state index is 12.0. The third-order valence-corrected chi connectivity index (χ3v) is 3.42. The second-order valence-electron chi connectivity index (χ2n) is 4.26. The topological polar surface area (TPSA) is 86.5 Å². The van der Waals surface area contributed by atoms with E-state index < -0.39 is 0 Å². The number of amides is 1. The van der Waals surface area contributed by atoms with Crippen LogP contribution in [0.2, 0.25) is 0 Å². The third-order valence-electron chi connectivity index (χ3n) is 2.83. The summed E-state index contributed by atoms with van der Waals surface area (Å²) in [7, 11) is 0. The van der Waals surface area contributed by atoms with Crippen LogP contribution in [0.5, 0.6) is 11.5 Å². The van der Waals surface area contributed by atoms with Gasteiger partial charge in [-0.1, -0.05) is 0 Å². The van der Waals surface area contributed by atoms with E-state index in [0.29, 0.717) is 41.8 Å². The quantitative estimate of drug-likeness (QED) is 0.828. The zero-order chi connectivity index (χ0) is 13.9. The minimum atomic E-state index is -0.299. The minimum absolute atomic E-state index is 0.299. The highest BCUT2D eigenvalue weighted by Crippen LogP contribution is 2.36. The number of aromatic nitrogens is 1. The molecular weight excluding hydrogens is 278 g/mol. The number of anilines is 2. The van der Waals surface area contributed by atoms with Crippen molar-refractivity contribution in [3.05, 3.63) is 28.7 Å². The number of nitrogen functional groups attached to an aromatic ring is 1. The highest BCUT2D eigenvalue weighted by atomic mass is 32.1. The normalized spacial score (nSPS) is 13.6. The summed E-state index contributed by atoms with van der Waals surface area (Å²) in [4.78, 5) is 15.9. The molecule has 1 aliphatic rings. The van der Waals surface area contributed by atoms with Crippen molar-refractivity contribution in [2.45, 2.75) is 6.42 Å².